The van der Waals surface area contributed by atoms with Crippen LogP contribution in [0.1, 0.15) is 0 Å². The summed E-state index contributed by atoms with van der Waals surface area (Å²) in [4.78, 5) is 0. The van der Waals surface area contributed by atoms with Crippen molar-refractivity contribution in [2.75, 3.05) is 0 Å². The van der Waals surface area contributed by atoms with Crippen molar-refractivity contribution in [3.8, 4) is 0 Å². The van der Waals surface area contributed by atoms with Gasteiger partial charge in [-0.1, -0.05) is 18.2 Å². The van der Waals surface area contributed by atoms with Crippen molar-refractivity contribution >= 4 is 22.8 Å². The average Bonchev–Trinajstić information content (AvgIpc) is 2.47. The van der Waals surface area contributed by atoms with E-state index in [1.165, 1.54) is 4.09 Å². The van der Waals surface area contributed by atoms with Gasteiger partial charge in [0, 0.05) is 5.39 Å². The molecule has 0 spiro atoms. The topological polar surface area (TPSA) is 34.9 Å². The lowest BCUT2D eigenvalue weighted by molar-refractivity contribution is 0.685. The maximum Gasteiger partial charge on any atom is 0.127 e. The molecule has 0 fully saturated rings. The number of hydrogen-bond donors (Lipinski definition) is 1. The molecule has 3 nitrogen and oxygen atoms in total. The third kappa shape index (κ3) is 0.952. The highest BCUT2D eigenvalue weighted by Gasteiger charge is 1.97. The van der Waals surface area contributed by atoms with E-state index in [9.17, 15) is 4.21 Å². The fourth-order valence-corrected chi connectivity index (χ4v) is 1.39. The van der Waals surface area contributed by atoms with E-state index in [4.69, 9.17) is 0 Å². The van der Waals surface area contributed by atoms with Gasteiger partial charge in [0.1, 0.15) is 11.9 Å². The molecular weight excluding hydrogens is 160 g/mol. The number of rotatable bonds is 1. The monoisotopic (exact) mass is 166 g/mol. The fourth-order valence-electron chi connectivity index (χ4n) is 1.02. The number of benzene rings is 1. The van der Waals surface area contributed by atoms with Crippen molar-refractivity contribution in [1.82, 2.24) is 9.19 Å². The normalized spacial score (nSPS) is 10.5. The Morgan fingerprint density at radius 3 is 3.00 bits per heavy atom. The van der Waals surface area contributed by atoms with Gasteiger partial charge in [0.05, 0.1) is 11.7 Å². The van der Waals surface area contributed by atoms with Gasteiger partial charge in [-0.05, 0) is 6.07 Å². The molecule has 0 N–H and O–H groups in total. The third-order valence-corrected chi connectivity index (χ3v) is 2.01. The summed E-state index contributed by atoms with van der Waals surface area (Å²) >= 11 is -0.0878. The Balaban J connectivity index is 2.86. The van der Waals surface area contributed by atoms with E-state index >= 15 is 0 Å². The second kappa shape index (κ2) is 2.47. The molecule has 2 aromatic rings. The van der Waals surface area contributed by atoms with Crippen molar-refractivity contribution in [3.05, 3.63) is 30.5 Å². The van der Waals surface area contributed by atoms with Crippen molar-refractivity contribution in [2.24, 2.45) is 0 Å². The maximum absolute atomic E-state index is 10.5. The van der Waals surface area contributed by atoms with Crippen molar-refractivity contribution in [2.45, 2.75) is 0 Å². The lowest BCUT2D eigenvalue weighted by Gasteiger charge is -1.88. The van der Waals surface area contributed by atoms with Crippen molar-refractivity contribution < 1.29 is 4.21 Å². The first kappa shape index (κ1) is 6.54. The number of hydrogen-bond acceptors (Lipinski definition) is 2. The van der Waals surface area contributed by atoms with Crippen molar-refractivity contribution in [1.29, 1.82) is 0 Å². The van der Waals surface area contributed by atoms with Crippen molar-refractivity contribution in [3.63, 3.8) is 0 Å². The maximum atomic E-state index is 10.5. The Hall–Kier alpha value is -1.16. The van der Waals surface area contributed by atoms with E-state index in [-0.39, 0.29) is 11.9 Å². The summed E-state index contributed by atoms with van der Waals surface area (Å²) < 4.78 is 11.9. The Morgan fingerprint density at radius 1 is 1.36 bits per heavy atom. The molecule has 0 amide bonds. The first-order chi connectivity index (χ1) is 5.42. The second-order valence-corrected chi connectivity index (χ2v) is 2.72. The molecular formula is C7H6N2OS. The van der Waals surface area contributed by atoms with Crippen LogP contribution in [0.4, 0.5) is 0 Å². The zero-order chi connectivity index (χ0) is 7.68. The Bertz CT molecular complexity index is 396. The molecule has 0 bridgehead atoms. The second-order valence-electron chi connectivity index (χ2n) is 2.17. The Morgan fingerprint density at radius 2 is 2.18 bits per heavy atom. The Kier molecular flexibility index (Phi) is 1.47. The minimum Gasteiger partial charge on any atom is -0.238 e. The minimum atomic E-state index is -0.0878. The number of thiol groups is 1. The first-order valence-corrected chi connectivity index (χ1v) is 3.95. The van der Waals surface area contributed by atoms with E-state index in [2.05, 4.69) is 5.10 Å². The van der Waals surface area contributed by atoms with Crippen LogP contribution in [0.5, 0.6) is 0 Å². The SMILES string of the molecule is O=[SH]n1ncc2ccccc21. The highest BCUT2D eigenvalue weighted by Crippen LogP contribution is 2.10. The van der Waals surface area contributed by atoms with Gasteiger partial charge < -0.3 is 0 Å². The van der Waals surface area contributed by atoms with Gasteiger partial charge in [0.15, 0.2) is 0 Å². The number of aromatic nitrogens is 2. The molecule has 1 heterocycles. The van der Waals surface area contributed by atoms with E-state index in [0.29, 0.717) is 0 Å². The van der Waals surface area contributed by atoms with Crippen LogP contribution in [-0.4, -0.2) is 13.4 Å². The molecule has 0 aliphatic carbocycles. The molecule has 11 heavy (non-hydrogen) atoms. The van der Waals surface area contributed by atoms with Gasteiger partial charge in [-0.15, -0.1) is 0 Å². The molecule has 0 saturated heterocycles. The summed E-state index contributed by atoms with van der Waals surface area (Å²) in [6, 6.07) is 7.64. The molecule has 2 rings (SSSR count). The van der Waals surface area contributed by atoms with E-state index in [1.807, 2.05) is 24.3 Å². The largest absolute Gasteiger partial charge is 0.238 e. The lowest BCUT2D eigenvalue weighted by atomic mass is 10.3. The molecule has 0 aliphatic rings. The standard InChI is InChI=1S/C7H6N2OS/c10-11-9-7-4-2-1-3-6(7)5-8-9/h1-5,11H. The third-order valence-electron chi connectivity index (χ3n) is 1.54. The molecule has 0 unspecified atom stereocenters. The van der Waals surface area contributed by atoms with Gasteiger partial charge in [-0.3, -0.25) is 0 Å². The molecule has 0 radical (unpaired) electrons. The molecule has 4 heteroatoms. The summed E-state index contributed by atoms with van der Waals surface area (Å²) in [6.45, 7) is 0. The predicted octanol–water partition coefficient (Wildman–Crippen LogP) is 0.745. The molecule has 1 aromatic carbocycles. The zero-order valence-electron chi connectivity index (χ0n) is 5.64. The predicted molar refractivity (Wildman–Crippen MR) is 44.7 cm³/mol. The van der Waals surface area contributed by atoms with Crippen LogP contribution in [0, 0.1) is 0 Å². The van der Waals surface area contributed by atoms with Crippen LogP contribution in [0.25, 0.3) is 10.9 Å². The fraction of sp³-hybridized carbons (Fsp3) is 0. The lowest BCUT2D eigenvalue weighted by Crippen LogP contribution is -1.90. The van der Waals surface area contributed by atoms with Crippen LogP contribution in [-0.2, 0) is 11.9 Å². The number of para-hydroxylation sites is 1. The molecule has 0 saturated carbocycles. The molecule has 0 atom stereocenters. The minimum absolute atomic E-state index is 0.0878. The van der Waals surface area contributed by atoms with Gasteiger partial charge in [-0.25, -0.2) is 4.21 Å². The summed E-state index contributed by atoms with van der Waals surface area (Å²) in [5.74, 6) is 0. The van der Waals surface area contributed by atoms with E-state index in [0.717, 1.165) is 10.9 Å². The van der Waals surface area contributed by atoms with E-state index in [1.54, 1.807) is 6.20 Å². The van der Waals surface area contributed by atoms with Crippen LogP contribution < -0.4 is 0 Å². The van der Waals surface area contributed by atoms with E-state index < -0.39 is 0 Å². The smallest absolute Gasteiger partial charge is 0.127 e. The average molecular weight is 166 g/mol. The Labute approximate surface area is 67.3 Å². The molecule has 56 valence electrons. The van der Waals surface area contributed by atoms with Crippen LogP contribution in [0.3, 0.4) is 0 Å². The number of nitrogens with zero attached hydrogens (tertiary/aromatic N) is 2. The quantitative estimate of drug-likeness (QED) is 0.634. The van der Waals surface area contributed by atoms with Gasteiger partial charge in [-0.2, -0.15) is 9.19 Å². The van der Waals surface area contributed by atoms with Crippen LogP contribution >= 0.6 is 0 Å². The molecule has 0 aliphatic heterocycles. The summed E-state index contributed by atoms with van der Waals surface area (Å²) in [5.41, 5.74) is 0.893. The first-order valence-electron chi connectivity index (χ1n) is 3.18. The van der Waals surface area contributed by atoms with Gasteiger partial charge in [0.2, 0.25) is 0 Å². The summed E-state index contributed by atoms with van der Waals surface area (Å²) in [6.07, 6.45) is 1.69. The van der Waals surface area contributed by atoms with Crippen LogP contribution in [0.2, 0.25) is 0 Å². The van der Waals surface area contributed by atoms with Crippen LogP contribution in [0.15, 0.2) is 30.5 Å². The summed E-state index contributed by atoms with van der Waals surface area (Å²) in [5, 5.41) is 4.92. The summed E-state index contributed by atoms with van der Waals surface area (Å²) in [7, 11) is 0. The molecule has 1 aromatic heterocycles. The zero-order valence-corrected chi connectivity index (χ0v) is 6.53. The van der Waals surface area contributed by atoms with Gasteiger partial charge >= 0.3 is 0 Å². The highest BCUT2D eigenvalue weighted by atomic mass is 32.2. The van der Waals surface area contributed by atoms with Gasteiger partial charge in [0.25, 0.3) is 0 Å². The number of fused-ring (bicyclic) bond motifs is 1. The highest BCUT2D eigenvalue weighted by molar-refractivity contribution is 7.64.